The fraction of sp³-hybridized carbons (Fsp3) is 0.280. The zero-order valence-electron chi connectivity index (χ0n) is 20.2. The number of hydrogen-bond donors (Lipinski definition) is 1. The fourth-order valence-electron chi connectivity index (χ4n) is 4.84. The van der Waals surface area contributed by atoms with Crippen LogP contribution < -0.4 is 16.3 Å². The van der Waals surface area contributed by atoms with E-state index in [1.807, 2.05) is 13.8 Å². The third-order valence-corrected chi connectivity index (χ3v) is 7.44. The van der Waals surface area contributed by atoms with Crippen LogP contribution in [0.1, 0.15) is 13.8 Å². The lowest BCUT2D eigenvalue weighted by Crippen LogP contribution is -2.55. The summed E-state index contributed by atoms with van der Waals surface area (Å²) in [6.07, 6.45) is 0. The van der Waals surface area contributed by atoms with Gasteiger partial charge in [0.05, 0.1) is 18.5 Å². The summed E-state index contributed by atoms with van der Waals surface area (Å²) in [6, 6.07) is 15.0. The molecule has 3 atom stereocenters. The minimum absolute atomic E-state index is 0.0724. The topological polar surface area (TPSA) is 136 Å². The van der Waals surface area contributed by atoms with E-state index < -0.39 is 46.7 Å². The summed E-state index contributed by atoms with van der Waals surface area (Å²) >= 11 is 1.14. The lowest BCUT2D eigenvalue weighted by atomic mass is 9.84. The molecule has 11 nitrogen and oxygen atoms in total. The number of aromatic nitrogens is 3. The van der Waals surface area contributed by atoms with Crippen molar-refractivity contribution in [1.82, 2.24) is 14.3 Å². The van der Waals surface area contributed by atoms with Crippen molar-refractivity contribution in [2.75, 3.05) is 12.0 Å². The zero-order chi connectivity index (χ0) is 26.5. The van der Waals surface area contributed by atoms with Gasteiger partial charge in [0.25, 0.3) is 5.91 Å². The second-order valence-electron chi connectivity index (χ2n) is 8.83. The number of imide groups is 1. The second-order valence-corrected chi connectivity index (χ2v) is 10.4. The summed E-state index contributed by atoms with van der Waals surface area (Å²) < 4.78 is 6.66. The first-order valence-electron chi connectivity index (χ1n) is 11.5. The first kappa shape index (κ1) is 24.5. The Hall–Kier alpha value is -4.19. The molecule has 0 saturated carbocycles. The number of aliphatic imine (C=N–C) groups is 1. The van der Waals surface area contributed by atoms with Crippen LogP contribution in [0.15, 0.2) is 75.2 Å². The second kappa shape index (κ2) is 9.04. The van der Waals surface area contributed by atoms with Crippen molar-refractivity contribution in [3.05, 3.63) is 81.6 Å². The van der Waals surface area contributed by atoms with Crippen LogP contribution in [0, 0.1) is 5.92 Å². The molecular formula is C25H23N5O6S. The minimum Gasteiger partial charge on any atom is -0.467 e. The maximum atomic E-state index is 14.3. The van der Waals surface area contributed by atoms with Crippen molar-refractivity contribution < 1.29 is 19.1 Å². The summed E-state index contributed by atoms with van der Waals surface area (Å²) in [6.45, 7) is 3.69. The van der Waals surface area contributed by atoms with Crippen molar-refractivity contribution in [3.8, 4) is 5.69 Å². The molecule has 3 heterocycles. The zero-order valence-corrected chi connectivity index (χ0v) is 21.0. The molecule has 1 saturated heterocycles. The Kier molecular flexibility index (Phi) is 5.98. The number of fused-ring (bicyclic) bond motifs is 1. The summed E-state index contributed by atoms with van der Waals surface area (Å²) in [5.41, 5.74) is -3.23. The largest absolute Gasteiger partial charge is 0.467 e. The lowest BCUT2D eigenvalue weighted by Gasteiger charge is -2.28. The number of carbonyl (C=O) groups excluding carboxylic acids is 3. The molecule has 0 radical (unpaired) electrons. The molecule has 2 amide bonds. The van der Waals surface area contributed by atoms with Crippen LogP contribution in [0.4, 0.5) is 5.69 Å². The van der Waals surface area contributed by atoms with E-state index in [1.54, 1.807) is 60.7 Å². The average Bonchev–Trinajstić information content (AvgIpc) is 3.46. The van der Waals surface area contributed by atoms with Crippen molar-refractivity contribution in [1.29, 1.82) is 0 Å². The van der Waals surface area contributed by atoms with E-state index in [0.717, 1.165) is 33.0 Å². The molecule has 0 spiro atoms. The van der Waals surface area contributed by atoms with Crippen LogP contribution in [0.5, 0.6) is 0 Å². The van der Waals surface area contributed by atoms with Gasteiger partial charge < -0.3 is 4.74 Å². The molecule has 2 aromatic carbocycles. The van der Waals surface area contributed by atoms with Crippen molar-refractivity contribution >= 4 is 40.3 Å². The van der Waals surface area contributed by atoms with Gasteiger partial charge in [0.15, 0.2) is 6.04 Å². The number of benzene rings is 2. The number of hydrogen-bond acceptors (Lipinski definition) is 8. The Morgan fingerprint density at radius 2 is 1.59 bits per heavy atom. The number of ether oxygens (including phenoxy) is 1. The minimum atomic E-state index is -2.09. The number of H-pyrrole nitrogens is 1. The van der Waals surface area contributed by atoms with Crippen molar-refractivity contribution in [2.24, 2.45) is 10.9 Å². The van der Waals surface area contributed by atoms with Gasteiger partial charge in [-0.2, -0.15) is 0 Å². The van der Waals surface area contributed by atoms with Crippen LogP contribution >= 0.6 is 11.8 Å². The molecule has 0 bridgehead atoms. The molecular weight excluding hydrogens is 498 g/mol. The molecule has 37 heavy (non-hydrogen) atoms. The van der Waals surface area contributed by atoms with Gasteiger partial charge in [0.2, 0.25) is 11.4 Å². The number of aromatic amines is 1. The van der Waals surface area contributed by atoms with Gasteiger partial charge in [-0.15, -0.1) is 11.8 Å². The van der Waals surface area contributed by atoms with Crippen LogP contribution in [-0.2, 0) is 24.7 Å². The van der Waals surface area contributed by atoms with Gasteiger partial charge in [-0.25, -0.2) is 33.6 Å². The third kappa shape index (κ3) is 3.50. The van der Waals surface area contributed by atoms with E-state index in [4.69, 9.17) is 4.74 Å². The maximum absolute atomic E-state index is 14.3. The predicted octanol–water partition coefficient (Wildman–Crippen LogP) is 1.31. The SMILES string of the molecule is COC(=O)[C@@H]1N=C(SC(C)C)[C@@]2(n3[nH]c(=O)n(-c4ccccc4)c3=O)C(=O)N(c3ccccc3)C(=O)[C@@H]12. The molecule has 5 rings (SSSR count). The Morgan fingerprint density at radius 1 is 1.00 bits per heavy atom. The Labute approximate surface area is 214 Å². The van der Waals surface area contributed by atoms with Gasteiger partial charge in [-0.1, -0.05) is 50.2 Å². The van der Waals surface area contributed by atoms with Gasteiger partial charge in [0, 0.05) is 5.25 Å². The molecule has 190 valence electrons. The number of esters is 1. The van der Waals surface area contributed by atoms with E-state index in [9.17, 15) is 24.0 Å². The highest BCUT2D eigenvalue weighted by Crippen LogP contribution is 2.49. The van der Waals surface area contributed by atoms with Crippen molar-refractivity contribution in [2.45, 2.75) is 30.7 Å². The summed E-state index contributed by atoms with van der Waals surface area (Å²) in [4.78, 5) is 73.4. The normalized spacial score (nSPS) is 22.9. The molecule has 12 heteroatoms. The molecule has 2 aliphatic rings. The highest BCUT2D eigenvalue weighted by Gasteiger charge is 2.72. The number of anilines is 1. The number of rotatable bonds is 5. The standard InChI is InChI=1S/C25H23N5O6S/c1-14(2)37-21-25(30-24(35)29(23(34)27-30)16-12-8-5-9-13-16)17(18(26-21)20(32)36-3)19(31)28(22(25)33)15-10-6-4-7-11-15/h4-14,17-18H,1-3H3,(H,27,34)/t17-,18-,25-/m1/s1. The van der Waals surface area contributed by atoms with E-state index in [-0.39, 0.29) is 21.7 Å². The first-order chi connectivity index (χ1) is 17.7. The van der Waals surface area contributed by atoms with E-state index in [1.165, 1.54) is 0 Å². The van der Waals surface area contributed by atoms with Crippen LogP contribution in [-0.4, -0.2) is 55.6 Å². The number of nitrogens with zero attached hydrogens (tertiary/aromatic N) is 4. The van der Waals surface area contributed by atoms with Crippen LogP contribution in [0.2, 0.25) is 0 Å². The Bertz CT molecular complexity index is 1540. The summed E-state index contributed by atoms with van der Waals surface area (Å²) in [5, 5.41) is 2.42. The predicted molar refractivity (Wildman–Crippen MR) is 137 cm³/mol. The van der Waals surface area contributed by atoms with E-state index in [2.05, 4.69) is 10.1 Å². The number of nitrogens with one attached hydrogen (secondary N) is 1. The maximum Gasteiger partial charge on any atom is 0.353 e. The van der Waals surface area contributed by atoms with Gasteiger partial charge in [-0.05, 0) is 24.3 Å². The Morgan fingerprint density at radius 3 is 2.16 bits per heavy atom. The average molecular weight is 522 g/mol. The van der Waals surface area contributed by atoms with Gasteiger partial charge in [-0.3, -0.25) is 14.6 Å². The van der Waals surface area contributed by atoms with E-state index in [0.29, 0.717) is 0 Å². The molecule has 1 aromatic heterocycles. The molecule has 1 N–H and O–H groups in total. The first-order valence-corrected chi connectivity index (χ1v) is 12.4. The Balaban J connectivity index is 1.82. The highest BCUT2D eigenvalue weighted by atomic mass is 32.2. The lowest BCUT2D eigenvalue weighted by molar-refractivity contribution is -0.145. The van der Waals surface area contributed by atoms with E-state index >= 15 is 0 Å². The monoisotopic (exact) mass is 521 g/mol. The molecule has 3 aromatic rings. The van der Waals surface area contributed by atoms with Gasteiger partial charge >= 0.3 is 17.3 Å². The molecule has 1 fully saturated rings. The smallest absolute Gasteiger partial charge is 0.353 e. The van der Waals surface area contributed by atoms with Gasteiger partial charge in [0.1, 0.15) is 11.0 Å². The number of carbonyl (C=O) groups is 3. The summed E-state index contributed by atoms with van der Waals surface area (Å²) in [7, 11) is 1.16. The number of para-hydroxylation sites is 2. The third-order valence-electron chi connectivity index (χ3n) is 6.33. The molecule has 0 unspecified atom stereocenters. The quantitative estimate of drug-likeness (QED) is 0.395. The fourth-order valence-corrected chi connectivity index (χ4v) is 5.94. The number of thioether (sulfide) groups is 1. The summed E-state index contributed by atoms with van der Waals surface area (Å²) in [5.74, 6) is -3.80. The number of amides is 2. The van der Waals surface area contributed by atoms with Crippen LogP contribution in [0.25, 0.3) is 5.69 Å². The molecule has 0 aliphatic carbocycles. The van der Waals surface area contributed by atoms with Crippen molar-refractivity contribution in [3.63, 3.8) is 0 Å². The van der Waals surface area contributed by atoms with Crippen LogP contribution in [0.3, 0.4) is 0 Å². The highest BCUT2D eigenvalue weighted by molar-refractivity contribution is 8.14. The molecule has 2 aliphatic heterocycles. The number of methoxy groups -OCH3 is 1.